The van der Waals surface area contributed by atoms with E-state index in [2.05, 4.69) is 167 Å². The fourth-order valence-electron chi connectivity index (χ4n) is 12.0. The van der Waals surface area contributed by atoms with Gasteiger partial charge in [0.1, 0.15) is 0 Å². The van der Waals surface area contributed by atoms with Gasteiger partial charge in [0.2, 0.25) is 0 Å². The Bertz CT molecular complexity index is 2780. The van der Waals surface area contributed by atoms with E-state index >= 15 is 0 Å². The SMILES string of the molecule is c1ccc2c(c1)-c1ccccc1C21c2ccccc2-c2ccc(N(c3ccc4c5ccccc5n(C5CCCCC5)c4c3)c3ccccc3C3CCCCC3)cc21. The number of fused-ring (bicyclic) bond motifs is 13. The van der Waals surface area contributed by atoms with E-state index in [0.717, 1.165) is 0 Å². The first-order valence-electron chi connectivity index (χ1n) is 21.7. The van der Waals surface area contributed by atoms with Gasteiger partial charge in [0, 0.05) is 39.4 Å². The van der Waals surface area contributed by atoms with Crippen LogP contribution in [0.3, 0.4) is 0 Å². The molecule has 0 amide bonds. The molecule has 12 rings (SSSR count). The average molecular weight is 737 g/mol. The third-order valence-electron chi connectivity index (χ3n) is 14.4. The van der Waals surface area contributed by atoms with Crippen LogP contribution < -0.4 is 4.90 Å². The zero-order valence-corrected chi connectivity index (χ0v) is 32.6. The van der Waals surface area contributed by atoms with Gasteiger partial charge in [0.15, 0.2) is 0 Å². The number of para-hydroxylation sites is 2. The van der Waals surface area contributed by atoms with Crippen LogP contribution >= 0.6 is 0 Å². The predicted molar refractivity (Wildman–Crippen MR) is 238 cm³/mol. The van der Waals surface area contributed by atoms with E-state index in [1.54, 1.807) is 0 Å². The van der Waals surface area contributed by atoms with Crippen LogP contribution in [-0.4, -0.2) is 4.57 Å². The normalized spacial score (nSPS) is 17.1. The highest BCUT2D eigenvalue weighted by atomic mass is 15.1. The van der Waals surface area contributed by atoms with Crippen molar-refractivity contribution >= 4 is 38.9 Å². The van der Waals surface area contributed by atoms with E-state index in [1.165, 1.54) is 153 Å². The maximum Gasteiger partial charge on any atom is 0.0726 e. The summed E-state index contributed by atoms with van der Waals surface area (Å²) in [5.41, 5.74) is 18.6. The standard InChI is InChI=1S/C55H48N2/c1-3-17-37(18-4-1)41-21-10-15-29-52(41)56(40-32-34-47-46-25-11-16-30-53(46)57(54(47)36-40)38-19-5-2-6-20-38)39-31-33-45-44-24-9-14-28-50(44)55(51(45)35-39)48-26-12-7-22-42(48)43-23-8-13-27-49(43)55/h7-16,21-38H,1-6,17-20H2. The predicted octanol–water partition coefficient (Wildman–Crippen LogP) is 15.2. The van der Waals surface area contributed by atoms with Gasteiger partial charge in [0.05, 0.1) is 10.9 Å². The first-order valence-corrected chi connectivity index (χ1v) is 21.7. The van der Waals surface area contributed by atoms with E-state index in [0.29, 0.717) is 12.0 Å². The summed E-state index contributed by atoms with van der Waals surface area (Å²) in [6.07, 6.45) is 13.0. The summed E-state index contributed by atoms with van der Waals surface area (Å²) >= 11 is 0. The summed E-state index contributed by atoms with van der Waals surface area (Å²) in [5.74, 6) is 0.563. The lowest BCUT2D eigenvalue weighted by Gasteiger charge is -2.34. The molecule has 278 valence electrons. The lowest BCUT2D eigenvalue weighted by Crippen LogP contribution is -2.26. The van der Waals surface area contributed by atoms with Crippen LogP contribution in [0, 0.1) is 0 Å². The summed E-state index contributed by atoms with van der Waals surface area (Å²) in [6, 6.07) is 61.4. The molecule has 2 saturated carbocycles. The molecule has 0 unspecified atom stereocenters. The molecular weight excluding hydrogens is 689 g/mol. The molecule has 1 heterocycles. The molecule has 2 heteroatoms. The van der Waals surface area contributed by atoms with E-state index < -0.39 is 0 Å². The largest absolute Gasteiger partial charge is 0.337 e. The Kier molecular flexibility index (Phi) is 7.65. The van der Waals surface area contributed by atoms with Crippen molar-refractivity contribution in [2.45, 2.75) is 81.6 Å². The number of rotatable bonds is 5. The smallest absolute Gasteiger partial charge is 0.0726 e. The van der Waals surface area contributed by atoms with Gasteiger partial charge in [-0.2, -0.15) is 0 Å². The zero-order valence-electron chi connectivity index (χ0n) is 32.6. The number of benzene rings is 7. The Balaban J connectivity index is 1.13. The zero-order chi connectivity index (χ0) is 37.5. The number of hydrogen-bond donors (Lipinski definition) is 0. The lowest BCUT2D eigenvalue weighted by atomic mass is 9.70. The summed E-state index contributed by atoms with van der Waals surface area (Å²) in [6.45, 7) is 0. The number of hydrogen-bond acceptors (Lipinski definition) is 1. The van der Waals surface area contributed by atoms with Crippen molar-refractivity contribution in [2.24, 2.45) is 0 Å². The molecule has 2 fully saturated rings. The van der Waals surface area contributed by atoms with E-state index in [-0.39, 0.29) is 5.41 Å². The van der Waals surface area contributed by atoms with Gasteiger partial charge in [-0.15, -0.1) is 0 Å². The monoisotopic (exact) mass is 736 g/mol. The van der Waals surface area contributed by atoms with Gasteiger partial charge < -0.3 is 9.47 Å². The first-order chi connectivity index (χ1) is 28.3. The molecule has 2 nitrogen and oxygen atoms in total. The van der Waals surface area contributed by atoms with Crippen molar-refractivity contribution in [1.82, 2.24) is 4.57 Å². The maximum absolute atomic E-state index is 2.72. The first kappa shape index (κ1) is 33.3. The van der Waals surface area contributed by atoms with Gasteiger partial charge in [-0.05, 0) is 118 Å². The molecule has 1 spiro atoms. The lowest BCUT2D eigenvalue weighted by molar-refractivity contribution is 0.367. The Morgan fingerprint density at radius 3 is 1.65 bits per heavy atom. The summed E-state index contributed by atoms with van der Waals surface area (Å²) in [5, 5.41) is 2.73. The fraction of sp³-hybridized carbons (Fsp3) is 0.236. The third-order valence-corrected chi connectivity index (χ3v) is 14.4. The Morgan fingerprint density at radius 2 is 0.947 bits per heavy atom. The molecule has 0 aliphatic heterocycles. The molecule has 0 bridgehead atoms. The molecule has 0 N–H and O–H groups in total. The second kappa shape index (κ2) is 13.1. The topological polar surface area (TPSA) is 8.17 Å². The van der Waals surface area contributed by atoms with Gasteiger partial charge >= 0.3 is 0 Å². The van der Waals surface area contributed by atoms with Crippen LogP contribution in [0.1, 0.15) is 104 Å². The number of nitrogens with zero attached hydrogens (tertiary/aromatic N) is 2. The van der Waals surface area contributed by atoms with E-state index in [4.69, 9.17) is 0 Å². The highest BCUT2D eigenvalue weighted by Gasteiger charge is 2.51. The molecule has 1 aromatic heterocycles. The molecular formula is C55H48N2. The van der Waals surface area contributed by atoms with Crippen molar-refractivity contribution in [1.29, 1.82) is 0 Å². The van der Waals surface area contributed by atoms with Gasteiger partial charge in [0.25, 0.3) is 0 Å². The highest BCUT2D eigenvalue weighted by Crippen LogP contribution is 2.63. The van der Waals surface area contributed by atoms with Crippen LogP contribution in [0.15, 0.2) is 158 Å². The van der Waals surface area contributed by atoms with Gasteiger partial charge in [-0.3, -0.25) is 0 Å². The minimum atomic E-state index is -0.388. The average Bonchev–Trinajstić information content (AvgIpc) is 3.89. The van der Waals surface area contributed by atoms with Crippen molar-refractivity contribution in [3.05, 3.63) is 186 Å². The Hall–Kier alpha value is -5.86. The van der Waals surface area contributed by atoms with E-state index in [9.17, 15) is 0 Å². The molecule has 57 heavy (non-hydrogen) atoms. The number of aromatic nitrogens is 1. The molecule has 8 aromatic rings. The minimum absolute atomic E-state index is 0.388. The van der Waals surface area contributed by atoms with Crippen molar-refractivity contribution in [3.8, 4) is 22.3 Å². The van der Waals surface area contributed by atoms with Crippen LogP contribution in [-0.2, 0) is 5.41 Å². The fourth-order valence-corrected chi connectivity index (χ4v) is 12.0. The van der Waals surface area contributed by atoms with Gasteiger partial charge in [-0.25, -0.2) is 0 Å². The molecule has 4 aliphatic rings. The van der Waals surface area contributed by atoms with Crippen LogP contribution in [0.5, 0.6) is 0 Å². The van der Waals surface area contributed by atoms with Crippen LogP contribution in [0.25, 0.3) is 44.1 Å². The third kappa shape index (κ3) is 4.83. The molecule has 0 radical (unpaired) electrons. The Labute approximate surface area is 336 Å². The van der Waals surface area contributed by atoms with Crippen molar-refractivity contribution < 1.29 is 0 Å². The highest BCUT2D eigenvalue weighted by molar-refractivity contribution is 6.09. The van der Waals surface area contributed by atoms with E-state index in [1.807, 2.05) is 0 Å². The summed E-state index contributed by atoms with van der Waals surface area (Å²) < 4.78 is 2.72. The molecule has 4 aliphatic carbocycles. The maximum atomic E-state index is 2.72. The van der Waals surface area contributed by atoms with Crippen LogP contribution in [0.4, 0.5) is 17.1 Å². The molecule has 0 saturated heterocycles. The Morgan fingerprint density at radius 1 is 0.421 bits per heavy atom. The molecule has 7 aromatic carbocycles. The number of anilines is 3. The van der Waals surface area contributed by atoms with Crippen LogP contribution in [0.2, 0.25) is 0 Å². The molecule has 0 atom stereocenters. The van der Waals surface area contributed by atoms with Crippen molar-refractivity contribution in [2.75, 3.05) is 4.90 Å². The minimum Gasteiger partial charge on any atom is -0.337 e. The van der Waals surface area contributed by atoms with Gasteiger partial charge in [-0.1, -0.05) is 160 Å². The summed E-state index contributed by atoms with van der Waals surface area (Å²) in [7, 11) is 0. The second-order valence-corrected chi connectivity index (χ2v) is 17.2. The van der Waals surface area contributed by atoms with Crippen molar-refractivity contribution in [3.63, 3.8) is 0 Å². The quantitative estimate of drug-likeness (QED) is 0.171. The summed E-state index contributed by atoms with van der Waals surface area (Å²) in [4.78, 5) is 2.63. The second-order valence-electron chi connectivity index (χ2n) is 17.2.